The highest BCUT2D eigenvalue weighted by atomic mass is 79.9. The lowest BCUT2D eigenvalue weighted by molar-refractivity contribution is 0.225. The van der Waals surface area contributed by atoms with Crippen LogP contribution >= 0.6 is 15.9 Å². The molecule has 0 spiro atoms. The Morgan fingerprint density at radius 2 is 1.67 bits per heavy atom. The van der Waals surface area contributed by atoms with E-state index in [0.717, 1.165) is 35.8 Å². The summed E-state index contributed by atoms with van der Waals surface area (Å²) in [6.45, 7) is 7.63. The van der Waals surface area contributed by atoms with Crippen LogP contribution in [-0.2, 0) is 11.8 Å². The first kappa shape index (κ1) is 21.7. The third kappa shape index (κ3) is 5.67. The molecule has 2 aromatic carbocycles. The summed E-state index contributed by atoms with van der Waals surface area (Å²) < 4.78 is 1.05. The van der Waals surface area contributed by atoms with E-state index in [1.807, 2.05) is 12.1 Å². The topological polar surface area (TPSA) is 27.0 Å². The third-order valence-corrected chi connectivity index (χ3v) is 6.38. The molecule has 0 amide bonds. The summed E-state index contributed by atoms with van der Waals surface area (Å²) in [5, 5.41) is 10.1. The van der Waals surface area contributed by atoms with Gasteiger partial charge in [0.25, 0.3) is 0 Å². The summed E-state index contributed by atoms with van der Waals surface area (Å²) in [4.78, 5) is 2.41. The number of rotatable bonds is 9. The van der Waals surface area contributed by atoms with Crippen molar-refractivity contribution in [2.75, 3.05) is 13.6 Å². The molecule has 2 aromatic rings. The van der Waals surface area contributed by atoms with E-state index < -0.39 is 5.41 Å². The molecule has 0 fully saturated rings. The molecule has 0 saturated heterocycles. The molecule has 2 nitrogen and oxygen atoms in total. The van der Waals surface area contributed by atoms with Crippen molar-refractivity contribution in [3.8, 4) is 6.07 Å². The minimum absolute atomic E-state index is 0.269. The second-order valence-electron chi connectivity index (χ2n) is 7.85. The zero-order chi connectivity index (χ0) is 19.9. The fourth-order valence-corrected chi connectivity index (χ4v) is 3.85. The van der Waals surface area contributed by atoms with Crippen LogP contribution in [0.5, 0.6) is 0 Å². The lowest BCUT2D eigenvalue weighted by Gasteiger charge is -2.34. The van der Waals surface area contributed by atoms with E-state index in [-0.39, 0.29) is 5.92 Å². The van der Waals surface area contributed by atoms with Gasteiger partial charge in [0.2, 0.25) is 0 Å². The van der Waals surface area contributed by atoms with Gasteiger partial charge in [-0.05, 0) is 62.4 Å². The summed E-state index contributed by atoms with van der Waals surface area (Å²) in [6.07, 6.45) is 2.94. The molecular formula is C24H31BrN2. The van der Waals surface area contributed by atoms with Crippen molar-refractivity contribution in [3.63, 3.8) is 0 Å². The molecule has 0 aliphatic heterocycles. The average Bonchev–Trinajstić information content (AvgIpc) is 2.68. The van der Waals surface area contributed by atoms with E-state index in [4.69, 9.17) is 0 Å². The standard InChI is InChI=1S/C24H31BrN2/c1-19(2)24(18-26,22-10-12-23(25)13-11-22)16-14-20(3)27(4)17-15-21-8-6-5-7-9-21/h5-13,19-20H,14-17H2,1-4H3. The third-order valence-electron chi connectivity index (χ3n) is 5.85. The van der Waals surface area contributed by atoms with Gasteiger partial charge in [-0.3, -0.25) is 0 Å². The van der Waals surface area contributed by atoms with E-state index in [1.54, 1.807) is 0 Å². The second kappa shape index (κ2) is 10.1. The SMILES string of the molecule is CC(CCC(C#N)(c1ccc(Br)cc1)C(C)C)N(C)CCc1ccccc1. The molecule has 3 heteroatoms. The van der Waals surface area contributed by atoms with Gasteiger partial charge >= 0.3 is 0 Å². The highest BCUT2D eigenvalue weighted by molar-refractivity contribution is 9.10. The number of nitriles is 1. The van der Waals surface area contributed by atoms with Gasteiger partial charge in [-0.1, -0.05) is 72.2 Å². The Morgan fingerprint density at radius 3 is 2.22 bits per heavy atom. The van der Waals surface area contributed by atoms with Crippen LogP contribution < -0.4 is 0 Å². The summed E-state index contributed by atoms with van der Waals surface area (Å²) in [6, 6.07) is 22.0. The minimum Gasteiger partial charge on any atom is -0.303 e. The molecule has 0 bridgehead atoms. The Balaban J connectivity index is 2.01. The van der Waals surface area contributed by atoms with Gasteiger partial charge < -0.3 is 4.90 Å². The van der Waals surface area contributed by atoms with Gasteiger partial charge in [0.1, 0.15) is 0 Å². The lowest BCUT2D eigenvalue weighted by atomic mass is 9.69. The molecule has 2 atom stereocenters. The number of nitrogens with zero attached hydrogens (tertiary/aromatic N) is 2. The highest BCUT2D eigenvalue weighted by Crippen LogP contribution is 2.37. The van der Waals surface area contributed by atoms with E-state index in [2.05, 4.69) is 97.2 Å². The van der Waals surface area contributed by atoms with Crippen LogP contribution in [0.15, 0.2) is 59.1 Å². The Labute approximate surface area is 173 Å². The van der Waals surface area contributed by atoms with Crippen molar-refractivity contribution < 1.29 is 0 Å². The van der Waals surface area contributed by atoms with Gasteiger partial charge in [-0.15, -0.1) is 0 Å². The first-order valence-electron chi connectivity index (χ1n) is 9.80. The van der Waals surface area contributed by atoms with Gasteiger partial charge in [-0.25, -0.2) is 0 Å². The molecule has 0 N–H and O–H groups in total. The fourth-order valence-electron chi connectivity index (χ4n) is 3.59. The van der Waals surface area contributed by atoms with E-state index in [1.165, 1.54) is 5.56 Å². The molecule has 0 aliphatic carbocycles. The maximum absolute atomic E-state index is 10.1. The summed E-state index contributed by atoms with van der Waals surface area (Å²) in [5.74, 6) is 0.269. The van der Waals surface area contributed by atoms with Crippen molar-refractivity contribution in [1.82, 2.24) is 4.90 Å². The molecule has 0 saturated carbocycles. The van der Waals surface area contributed by atoms with Crippen LogP contribution in [0.3, 0.4) is 0 Å². The zero-order valence-corrected chi connectivity index (χ0v) is 18.5. The van der Waals surface area contributed by atoms with Gasteiger partial charge in [-0.2, -0.15) is 5.26 Å². The number of hydrogen-bond acceptors (Lipinski definition) is 2. The Kier molecular flexibility index (Phi) is 8.07. The van der Waals surface area contributed by atoms with Gasteiger partial charge in [0.15, 0.2) is 0 Å². The second-order valence-corrected chi connectivity index (χ2v) is 8.76. The minimum atomic E-state index is -0.435. The first-order valence-corrected chi connectivity index (χ1v) is 10.6. The Morgan fingerprint density at radius 1 is 1.04 bits per heavy atom. The summed E-state index contributed by atoms with van der Waals surface area (Å²) in [5.41, 5.74) is 2.07. The molecule has 0 aromatic heterocycles. The Bertz CT molecular complexity index is 733. The number of hydrogen-bond donors (Lipinski definition) is 0. The van der Waals surface area contributed by atoms with Crippen LogP contribution in [0.1, 0.15) is 44.7 Å². The smallest absolute Gasteiger partial charge is 0.0845 e. The molecule has 0 heterocycles. The molecule has 0 radical (unpaired) electrons. The van der Waals surface area contributed by atoms with Crippen molar-refractivity contribution in [2.24, 2.45) is 5.92 Å². The van der Waals surface area contributed by atoms with E-state index in [0.29, 0.717) is 6.04 Å². The molecular weight excluding hydrogens is 396 g/mol. The zero-order valence-electron chi connectivity index (χ0n) is 17.0. The number of likely N-dealkylation sites (N-methyl/N-ethyl adjacent to an activating group) is 1. The largest absolute Gasteiger partial charge is 0.303 e. The highest BCUT2D eigenvalue weighted by Gasteiger charge is 2.36. The Hall–Kier alpha value is -1.63. The molecule has 27 heavy (non-hydrogen) atoms. The van der Waals surface area contributed by atoms with Crippen molar-refractivity contribution in [3.05, 3.63) is 70.2 Å². The van der Waals surface area contributed by atoms with Crippen LogP contribution in [0.25, 0.3) is 0 Å². The van der Waals surface area contributed by atoms with Crippen molar-refractivity contribution in [1.29, 1.82) is 5.26 Å². The summed E-state index contributed by atoms with van der Waals surface area (Å²) in [7, 11) is 2.19. The van der Waals surface area contributed by atoms with Crippen LogP contribution in [-0.4, -0.2) is 24.5 Å². The van der Waals surface area contributed by atoms with Crippen molar-refractivity contribution >= 4 is 15.9 Å². The predicted octanol–water partition coefficient (Wildman–Crippen LogP) is 6.21. The molecule has 2 unspecified atom stereocenters. The predicted molar refractivity (Wildman–Crippen MR) is 118 cm³/mol. The maximum atomic E-state index is 10.1. The van der Waals surface area contributed by atoms with Crippen LogP contribution in [0.4, 0.5) is 0 Å². The number of benzene rings is 2. The molecule has 2 rings (SSSR count). The average molecular weight is 427 g/mol. The van der Waals surface area contributed by atoms with Crippen LogP contribution in [0, 0.1) is 17.2 Å². The van der Waals surface area contributed by atoms with Gasteiger partial charge in [0.05, 0.1) is 11.5 Å². The fraction of sp³-hybridized carbons (Fsp3) is 0.458. The quantitative estimate of drug-likeness (QED) is 0.476. The maximum Gasteiger partial charge on any atom is 0.0845 e. The molecule has 0 aliphatic rings. The van der Waals surface area contributed by atoms with E-state index >= 15 is 0 Å². The number of halogens is 1. The van der Waals surface area contributed by atoms with Crippen molar-refractivity contribution in [2.45, 2.75) is 51.5 Å². The first-order chi connectivity index (χ1) is 12.9. The van der Waals surface area contributed by atoms with Gasteiger partial charge in [0, 0.05) is 17.1 Å². The van der Waals surface area contributed by atoms with Crippen LogP contribution in [0.2, 0.25) is 0 Å². The summed E-state index contributed by atoms with van der Waals surface area (Å²) >= 11 is 3.50. The molecule has 144 valence electrons. The lowest BCUT2D eigenvalue weighted by Crippen LogP contribution is -2.36. The normalized spacial score (nSPS) is 14.7. The van der Waals surface area contributed by atoms with E-state index in [9.17, 15) is 5.26 Å². The monoisotopic (exact) mass is 426 g/mol.